The fourth-order valence-corrected chi connectivity index (χ4v) is 1.96. The van der Waals surface area contributed by atoms with Crippen LogP contribution in [-0.2, 0) is 0 Å². The Bertz CT molecular complexity index is 567. The molecule has 2 rings (SSSR count). The molecule has 0 radical (unpaired) electrons. The molecule has 19 heavy (non-hydrogen) atoms. The van der Waals surface area contributed by atoms with Crippen molar-refractivity contribution in [2.75, 3.05) is 0 Å². The van der Waals surface area contributed by atoms with E-state index in [1.54, 1.807) is 0 Å². The molecule has 0 saturated heterocycles. The minimum atomic E-state index is -0.235. The Morgan fingerprint density at radius 2 is 1.47 bits per heavy atom. The smallest absolute Gasteiger partial charge is 0.252 e. The molecule has 0 saturated carbocycles. The van der Waals surface area contributed by atoms with Gasteiger partial charge in [-0.2, -0.15) is 0 Å². The third-order valence-corrected chi connectivity index (χ3v) is 2.75. The molecule has 2 aromatic carbocycles. The summed E-state index contributed by atoms with van der Waals surface area (Å²) in [6.45, 7) is 5.95. The van der Waals surface area contributed by atoms with Crippen LogP contribution in [0.4, 0.5) is 0 Å². The van der Waals surface area contributed by atoms with E-state index in [4.69, 9.17) is 0 Å². The summed E-state index contributed by atoms with van der Waals surface area (Å²) in [6.07, 6.45) is 0. The van der Waals surface area contributed by atoms with Gasteiger partial charge in [0.25, 0.3) is 5.91 Å². The highest BCUT2D eigenvalue weighted by Crippen LogP contribution is 2.23. The minimum absolute atomic E-state index is 0.0352. The molecule has 0 bridgehead atoms. The second-order valence-electron chi connectivity index (χ2n) is 5.62. The van der Waals surface area contributed by atoms with Crippen molar-refractivity contribution in [3.63, 3.8) is 0 Å². The van der Waals surface area contributed by atoms with Gasteiger partial charge in [-0.3, -0.25) is 4.79 Å². The SMILES string of the molecule is CC(C)(C)NC(=O)c1ccccc1-c1ccccc1. The Morgan fingerprint density at radius 3 is 2.11 bits per heavy atom. The second-order valence-corrected chi connectivity index (χ2v) is 5.62. The fraction of sp³-hybridized carbons (Fsp3) is 0.235. The van der Waals surface area contributed by atoms with Crippen molar-refractivity contribution in [2.45, 2.75) is 26.3 Å². The summed E-state index contributed by atoms with van der Waals surface area (Å²) in [7, 11) is 0. The number of carbonyl (C=O) groups is 1. The summed E-state index contributed by atoms with van der Waals surface area (Å²) in [5, 5.41) is 3.01. The van der Waals surface area contributed by atoms with Gasteiger partial charge >= 0.3 is 0 Å². The monoisotopic (exact) mass is 253 g/mol. The lowest BCUT2D eigenvalue weighted by Crippen LogP contribution is -2.40. The average Bonchev–Trinajstić information content (AvgIpc) is 2.38. The first kappa shape index (κ1) is 13.3. The van der Waals surface area contributed by atoms with Crippen LogP contribution < -0.4 is 5.32 Å². The van der Waals surface area contributed by atoms with Gasteiger partial charge in [-0.15, -0.1) is 0 Å². The molecular formula is C17H19NO. The van der Waals surface area contributed by atoms with Crippen LogP contribution in [-0.4, -0.2) is 11.4 Å². The summed E-state index contributed by atoms with van der Waals surface area (Å²) in [4.78, 5) is 12.3. The molecule has 1 amide bonds. The Labute approximate surface area is 114 Å². The van der Waals surface area contributed by atoms with Gasteiger partial charge in [0.05, 0.1) is 0 Å². The Balaban J connectivity index is 2.40. The van der Waals surface area contributed by atoms with Gasteiger partial charge in [0.1, 0.15) is 0 Å². The number of carbonyl (C=O) groups excluding carboxylic acids is 1. The Kier molecular flexibility index (Phi) is 3.70. The summed E-state index contributed by atoms with van der Waals surface area (Å²) >= 11 is 0. The summed E-state index contributed by atoms with van der Waals surface area (Å²) in [6, 6.07) is 17.7. The van der Waals surface area contributed by atoms with E-state index in [-0.39, 0.29) is 11.4 Å². The number of hydrogen-bond donors (Lipinski definition) is 1. The van der Waals surface area contributed by atoms with Crippen molar-refractivity contribution in [3.05, 3.63) is 60.2 Å². The number of benzene rings is 2. The quantitative estimate of drug-likeness (QED) is 0.864. The molecule has 0 aliphatic rings. The first-order valence-electron chi connectivity index (χ1n) is 6.44. The van der Waals surface area contributed by atoms with Crippen molar-refractivity contribution in [1.29, 1.82) is 0 Å². The fourth-order valence-electron chi connectivity index (χ4n) is 1.96. The summed E-state index contributed by atoms with van der Waals surface area (Å²) in [5.41, 5.74) is 2.50. The zero-order valence-electron chi connectivity index (χ0n) is 11.6. The van der Waals surface area contributed by atoms with E-state index in [1.807, 2.05) is 75.4 Å². The van der Waals surface area contributed by atoms with Crippen LogP contribution in [0.25, 0.3) is 11.1 Å². The van der Waals surface area contributed by atoms with Gasteiger partial charge in [0.15, 0.2) is 0 Å². The minimum Gasteiger partial charge on any atom is -0.347 e. The molecule has 2 nitrogen and oxygen atoms in total. The van der Waals surface area contributed by atoms with Crippen molar-refractivity contribution < 1.29 is 4.79 Å². The van der Waals surface area contributed by atoms with Crippen LogP contribution in [0.5, 0.6) is 0 Å². The highest BCUT2D eigenvalue weighted by atomic mass is 16.1. The van der Waals surface area contributed by atoms with E-state index in [2.05, 4.69) is 5.32 Å². The van der Waals surface area contributed by atoms with Crippen LogP contribution in [0.2, 0.25) is 0 Å². The highest BCUT2D eigenvalue weighted by molar-refractivity contribution is 6.01. The van der Waals surface area contributed by atoms with E-state index in [9.17, 15) is 4.79 Å². The molecule has 0 atom stereocenters. The van der Waals surface area contributed by atoms with Gasteiger partial charge in [-0.25, -0.2) is 0 Å². The number of hydrogen-bond acceptors (Lipinski definition) is 1. The van der Waals surface area contributed by atoms with Gasteiger partial charge in [-0.05, 0) is 38.0 Å². The van der Waals surface area contributed by atoms with Crippen molar-refractivity contribution in [1.82, 2.24) is 5.32 Å². The van der Waals surface area contributed by atoms with Gasteiger partial charge in [0, 0.05) is 11.1 Å². The maximum Gasteiger partial charge on any atom is 0.252 e. The third kappa shape index (κ3) is 3.44. The standard InChI is InChI=1S/C17H19NO/c1-17(2,3)18-16(19)15-12-8-7-11-14(15)13-9-5-4-6-10-13/h4-12H,1-3H3,(H,18,19). The van der Waals surface area contributed by atoms with Crippen molar-refractivity contribution >= 4 is 5.91 Å². The second kappa shape index (κ2) is 5.27. The lowest BCUT2D eigenvalue weighted by atomic mass is 9.98. The van der Waals surface area contributed by atoms with E-state index >= 15 is 0 Å². The van der Waals surface area contributed by atoms with Crippen LogP contribution in [0, 0.1) is 0 Å². The van der Waals surface area contributed by atoms with Gasteiger partial charge < -0.3 is 5.32 Å². The lowest BCUT2D eigenvalue weighted by molar-refractivity contribution is 0.0920. The lowest BCUT2D eigenvalue weighted by Gasteiger charge is -2.21. The summed E-state index contributed by atoms with van der Waals surface area (Å²) < 4.78 is 0. The van der Waals surface area contributed by atoms with E-state index in [1.165, 1.54) is 0 Å². The molecule has 0 aliphatic carbocycles. The van der Waals surface area contributed by atoms with Gasteiger partial charge in [-0.1, -0.05) is 48.5 Å². The molecule has 98 valence electrons. The maximum absolute atomic E-state index is 12.3. The van der Waals surface area contributed by atoms with Gasteiger partial charge in [0.2, 0.25) is 0 Å². The molecule has 1 N–H and O–H groups in total. The van der Waals surface area contributed by atoms with Crippen LogP contribution >= 0.6 is 0 Å². The average molecular weight is 253 g/mol. The van der Waals surface area contributed by atoms with Crippen molar-refractivity contribution in [2.24, 2.45) is 0 Å². The summed E-state index contributed by atoms with van der Waals surface area (Å²) in [5.74, 6) is -0.0352. The number of nitrogens with one attached hydrogen (secondary N) is 1. The molecule has 0 spiro atoms. The number of rotatable bonds is 2. The van der Waals surface area contributed by atoms with E-state index in [0.717, 1.165) is 11.1 Å². The zero-order valence-corrected chi connectivity index (χ0v) is 11.6. The first-order chi connectivity index (χ1) is 8.97. The predicted octanol–water partition coefficient (Wildman–Crippen LogP) is 3.88. The largest absolute Gasteiger partial charge is 0.347 e. The Hall–Kier alpha value is -2.09. The molecule has 0 fully saturated rings. The molecule has 2 heteroatoms. The van der Waals surface area contributed by atoms with Crippen LogP contribution in [0.3, 0.4) is 0 Å². The topological polar surface area (TPSA) is 29.1 Å². The molecular weight excluding hydrogens is 234 g/mol. The van der Waals surface area contributed by atoms with Crippen LogP contribution in [0.15, 0.2) is 54.6 Å². The molecule has 2 aromatic rings. The predicted molar refractivity (Wildman–Crippen MR) is 79.1 cm³/mol. The van der Waals surface area contributed by atoms with E-state index in [0.29, 0.717) is 5.56 Å². The van der Waals surface area contributed by atoms with Crippen LogP contribution in [0.1, 0.15) is 31.1 Å². The molecule has 0 aliphatic heterocycles. The maximum atomic E-state index is 12.3. The normalized spacial score (nSPS) is 11.1. The molecule has 0 heterocycles. The Morgan fingerprint density at radius 1 is 0.895 bits per heavy atom. The molecule has 0 aromatic heterocycles. The third-order valence-electron chi connectivity index (χ3n) is 2.75. The number of amides is 1. The molecule has 0 unspecified atom stereocenters. The van der Waals surface area contributed by atoms with Crippen molar-refractivity contribution in [3.8, 4) is 11.1 Å². The highest BCUT2D eigenvalue weighted by Gasteiger charge is 2.17. The first-order valence-corrected chi connectivity index (χ1v) is 6.44. The zero-order chi connectivity index (χ0) is 13.9. The van der Waals surface area contributed by atoms with E-state index < -0.39 is 0 Å².